The van der Waals surface area contributed by atoms with Gasteiger partial charge in [-0.3, -0.25) is 30.0 Å². The number of hydrogen-bond donors (Lipinski definition) is 5. The van der Waals surface area contributed by atoms with Gasteiger partial charge < -0.3 is 16.4 Å². The van der Waals surface area contributed by atoms with Gasteiger partial charge in [-0.05, 0) is 86.2 Å². The highest BCUT2D eigenvalue weighted by Crippen LogP contribution is 2.38. The number of carbonyl (C=O) groups excluding carboxylic acids is 1. The van der Waals surface area contributed by atoms with Crippen molar-refractivity contribution in [2.24, 2.45) is 0 Å². The fraction of sp³-hybridized carbons (Fsp3) is 0.400. The quantitative estimate of drug-likeness (QED) is 0.130. The Morgan fingerprint density at radius 3 is 2.60 bits per heavy atom. The molecule has 3 aromatic rings. The lowest BCUT2D eigenvalue weighted by Crippen LogP contribution is -2.37. The predicted molar refractivity (Wildman–Crippen MR) is 192 cm³/mol. The fourth-order valence-electron chi connectivity index (χ4n) is 5.29. The smallest absolute Gasteiger partial charge is 0.277 e. The molecule has 11 nitrogen and oxygen atoms in total. The Hall–Kier alpha value is -4.58. The van der Waals surface area contributed by atoms with Crippen molar-refractivity contribution >= 4 is 45.3 Å². The number of amides is 1. The molecular weight excluding hydrogens is 611 g/mol. The Bertz CT molecular complexity index is 1740. The third-order valence-electron chi connectivity index (χ3n) is 8.04. The number of thioether (sulfide) groups is 1. The van der Waals surface area contributed by atoms with E-state index in [4.69, 9.17) is 16.6 Å². The van der Waals surface area contributed by atoms with Crippen molar-refractivity contribution in [3.05, 3.63) is 93.1 Å². The highest BCUT2D eigenvalue weighted by molar-refractivity contribution is 8.27. The minimum atomic E-state index is -0.583. The second kappa shape index (κ2) is 15.8. The first-order valence-electron chi connectivity index (χ1n) is 15.9. The maximum Gasteiger partial charge on any atom is 0.277 e. The lowest BCUT2D eigenvalue weighted by molar-refractivity contribution is -0.124. The van der Waals surface area contributed by atoms with Crippen LogP contribution in [0.5, 0.6) is 0 Å². The van der Waals surface area contributed by atoms with E-state index in [2.05, 4.69) is 38.6 Å². The third kappa shape index (κ3) is 9.47. The Morgan fingerprint density at radius 1 is 1.19 bits per heavy atom. The number of allylic oxidation sites excluding steroid dienone is 1. The number of nitrogens with one attached hydrogen (secondary N) is 4. The molecule has 0 spiro atoms. The summed E-state index contributed by atoms with van der Waals surface area (Å²) in [4.78, 5) is 38.9. The zero-order chi connectivity index (χ0) is 34.1. The molecule has 5 rings (SSSR count). The number of rotatable bonds is 10. The molecule has 4 heterocycles. The number of carbonyl (C=O) groups is 1. The molecule has 12 heteroatoms. The van der Waals surface area contributed by atoms with E-state index >= 15 is 0 Å². The number of anilines is 2. The van der Waals surface area contributed by atoms with E-state index in [0.717, 1.165) is 60.6 Å². The molecule has 0 saturated heterocycles. The lowest BCUT2D eigenvalue weighted by atomic mass is 9.89. The van der Waals surface area contributed by atoms with E-state index in [1.54, 1.807) is 36.3 Å². The topological polar surface area (TPSA) is 176 Å². The van der Waals surface area contributed by atoms with Gasteiger partial charge in [0.1, 0.15) is 28.4 Å². The van der Waals surface area contributed by atoms with Gasteiger partial charge in [0.2, 0.25) is 5.91 Å². The highest BCUT2D eigenvalue weighted by Gasteiger charge is 2.42. The summed E-state index contributed by atoms with van der Waals surface area (Å²) in [6.45, 7) is 8.59. The molecule has 47 heavy (non-hydrogen) atoms. The maximum atomic E-state index is 13.2. The van der Waals surface area contributed by atoms with E-state index in [9.17, 15) is 9.59 Å². The first-order valence-corrected chi connectivity index (χ1v) is 16.7. The zero-order valence-electron chi connectivity index (χ0n) is 27.8. The van der Waals surface area contributed by atoms with Gasteiger partial charge in [-0.2, -0.15) is 0 Å². The fourth-order valence-corrected chi connectivity index (χ4v) is 5.96. The van der Waals surface area contributed by atoms with Crippen LogP contribution < -0.4 is 21.9 Å². The summed E-state index contributed by atoms with van der Waals surface area (Å²) in [5.41, 5.74) is 10.7. The normalized spacial score (nSPS) is 16.0. The number of aryl methyl sites for hydroxylation is 1. The first-order chi connectivity index (χ1) is 22.4. The molecule has 0 radical (unpaired) electrons. The predicted octanol–water partition coefficient (Wildman–Crippen LogP) is 6.02. The summed E-state index contributed by atoms with van der Waals surface area (Å²) < 4.78 is 1.55. The molecular formula is C35H45N9O2S. The standard InChI is InChI=1S/C24H34N6O2.C11H11N3S/c1-6-7-8-16(10-17-13-27-20(25)9-15(17)2)12-28-21(31)19-11-24(3,4)23-29-14-18(26-5)22(32)30(19)23;12-10(7-8-4-5-8)15-11(13)9-3-1-2-6-14-9/h9-10,13-14,19,26H,6-8,11-12H2,1-5H3,(H2,25,27)(H,28,31);1-3,6-7,12-13H,4-5H2/b16-10+;. The molecule has 6 N–H and O–H groups in total. The van der Waals surface area contributed by atoms with Crippen molar-refractivity contribution in [3.8, 4) is 0 Å². The molecule has 1 aliphatic carbocycles. The zero-order valence-corrected chi connectivity index (χ0v) is 28.6. The van der Waals surface area contributed by atoms with Gasteiger partial charge >= 0.3 is 0 Å². The molecule has 0 aromatic carbocycles. The van der Waals surface area contributed by atoms with Crippen LogP contribution in [0.3, 0.4) is 0 Å². The Morgan fingerprint density at radius 2 is 1.96 bits per heavy atom. The highest BCUT2D eigenvalue weighted by atomic mass is 32.2. The van der Waals surface area contributed by atoms with Crippen LogP contribution in [0.15, 0.2) is 64.9 Å². The Labute approximate surface area is 280 Å². The Kier molecular flexibility index (Phi) is 11.9. The second-order valence-corrected chi connectivity index (χ2v) is 13.5. The van der Waals surface area contributed by atoms with Crippen LogP contribution in [-0.4, -0.2) is 49.1 Å². The van der Waals surface area contributed by atoms with Gasteiger partial charge in [0.15, 0.2) is 0 Å². The van der Waals surface area contributed by atoms with Gasteiger partial charge in [0, 0.05) is 31.4 Å². The maximum absolute atomic E-state index is 13.2. The van der Waals surface area contributed by atoms with E-state index in [1.807, 2.05) is 45.0 Å². The van der Waals surface area contributed by atoms with Gasteiger partial charge in [-0.15, -0.1) is 0 Å². The van der Waals surface area contributed by atoms with Gasteiger partial charge in [0.25, 0.3) is 5.56 Å². The van der Waals surface area contributed by atoms with Crippen LogP contribution in [0.1, 0.15) is 88.0 Å². The van der Waals surface area contributed by atoms with Crippen molar-refractivity contribution < 1.29 is 4.79 Å². The minimum Gasteiger partial charge on any atom is -0.384 e. The Balaban J connectivity index is 0.000000277. The summed E-state index contributed by atoms with van der Waals surface area (Å²) in [5, 5.41) is 22.1. The largest absolute Gasteiger partial charge is 0.384 e. The number of pyridine rings is 2. The molecule has 2 aliphatic rings. The average molecular weight is 656 g/mol. The van der Waals surface area contributed by atoms with E-state index in [1.165, 1.54) is 5.57 Å². The SMILES string of the molecule is CCCC/C(=C\c1cnc(N)cc1C)CNC(=O)C1CC(C)(C)c2ncc(NC)c(=O)n21.N=C(C=C1CC1)SC(=N)c1ccccn1. The van der Waals surface area contributed by atoms with Gasteiger partial charge in [0.05, 0.1) is 16.9 Å². The number of hydrogen-bond acceptors (Lipinski definition) is 10. The van der Waals surface area contributed by atoms with Crippen molar-refractivity contribution in [1.82, 2.24) is 24.8 Å². The third-order valence-corrected chi connectivity index (χ3v) is 8.79. The first kappa shape index (κ1) is 35.3. The summed E-state index contributed by atoms with van der Waals surface area (Å²) in [6.07, 6.45) is 14.6. The summed E-state index contributed by atoms with van der Waals surface area (Å²) in [7, 11) is 1.68. The van der Waals surface area contributed by atoms with Crippen molar-refractivity contribution in [2.75, 3.05) is 24.6 Å². The van der Waals surface area contributed by atoms with Crippen molar-refractivity contribution in [2.45, 2.75) is 77.7 Å². The lowest BCUT2D eigenvalue weighted by Gasteiger charge is -2.16. The number of nitrogen functional groups attached to an aromatic ring is 1. The van der Waals surface area contributed by atoms with Crippen LogP contribution >= 0.6 is 11.8 Å². The van der Waals surface area contributed by atoms with Crippen LogP contribution in [-0.2, 0) is 10.2 Å². The summed E-state index contributed by atoms with van der Waals surface area (Å²) in [6, 6.07) is 6.71. The molecule has 1 saturated carbocycles. The average Bonchev–Trinajstić information content (AvgIpc) is 3.81. The molecule has 1 unspecified atom stereocenters. The second-order valence-electron chi connectivity index (χ2n) is 12.4. The molecule has 248 valence electrons. The number of fused-ring (bicyclic) bond motifs is 1. The van der Waals surface area contributed by atoms with Crippen LogP contribution in [0.4, 0.5) is 11.5 Å². The van der Waals surface area contributed by atoms with Gasteiger partial charge in [-0.1, -0.05) is 50.5 Å². The van der Waals surface area contributed by atoms with E-state index in [0.29, 0.717) is 46.1 Å². The molecule has 1 atom stereocenters. The molecule has 3 aromatic heterocycles. The van der Waals surface area contributed by atoms with Crippen molar-refractivity contribution in [1.29, 1.82) is 10.8 Å². The number of nitrogens with two attached hydrogens (primary N) is 1. The van der Waals surface area contributed by atoms with E-state index in [-0.39, 0.29) is 16.9 Å². The molecule has 0 bridgehead atoms. The van der Waals surface area contributed by atoms with Crippen LogP contribution in [0.2, 0.25) is 0 Å². The molecule has 1 fully saturated rings. The minimum absolute atomic E-state index is 0.163. The van der Waals surface area contributed by atoms with Crippen molar-refractivity contribution in [3.63, 3.8) is 0 Å². The van der Waals surface area contributed by atoms with E-state index < -0.39 is 6.04 Å². The summed E-state index contributed by atoms with van der Waals surface area (Å²) in [5.74, 6) is 0.973. The van der Waals surface area contributed by atoms with Crippen LogP contribution in [0, 0.1) is 17.7 Å². The van der Waals surface area contributed by atoms with Gasteiger partial charge in [-0.25, -0.2) is 9.97 Å². The van der Waals surface area contributed by atoms with Crippen LogP contribution in [0.25, 0.3) is 6.08 Å². The molecule has 1 aliphatic heterocycles. The number of unbranched alkanes of at least 4 members (excludes halogenated alkanes) is 1. The summed E-state index contributed by atoms with van der Waals surface area (Å²) >= 11 is 1.15. The monoisotopic (exact) mass is 655 g/mol. The number of aromatic nitrogens is 4. The number of nitrogens with zero attached hydrogens (tertiary/aromatic N) is 4. The molecule has 1 amide bonds.